The van der Waals surface area contributed by atoms with Gasteiger partial charge in [-0.3, -0.25) is 0 Å². The summed E-state index contributed by atoms with van der Waals surface area (Å²) >= 11 is 12.1. The summed E-state index contributed by atoms with van der Waals surface area (Å²) in [5.41, 5.74) is 2.23. The van der Waals surface area contributed by atoms with Gasteiger partial charge in [-0.2, -0.15) is 0 Å². The minimum Gasteiger partial charge on any atom is -0.353 e. The molecule has 3 nitrogen and oxygen atoms in total. The maximum Gasteiger partial charge on any atom is 0.129 e. The van der Waals surface area contributed by atoms with Crippen LogP contribution in [0.15, 0.2) is 36.5 Å². The monoisotopic (exact) mass is 323 g/mol. The SMILES string of the molecule is CNCc1cc(N(C)C(C)c2ccc(Cl)cc2)ncc1Cl. The summed E-state index contributed by atoms with van der Waals surface area (Å²) in [4.78, 5) is 6.55. The lowest BCUT2D eigenvalue weighted by Gasteiger charge is -2.27. The number of hydrogen-bond acceptors (Lipinski definition) is 3. The maximum absolute atomic E-state index is 6.16. The second-order valence-corrected chi connectivity index (χ2v) is 5.85. The van der Waals surface area contributed by atoms with E-state index < -0.39 is 0 Å². The molecule has 0 amide bonds. The molecule has 2 rings (SSSR count). The molecule has 0 bridgehead atoms. The molecule has 2 aromatic rings. The van der Waals surface area contributed by atoms with E-state index in [1.165, 1.54) is 5.56 Å². The van der Waals surface area contributed by atoms with Crippen LogP contribution in [0, 0.1) is 0 Å². The van der Waals surface area contributed by atoms with Crippen molar-refractivity contribution in [3.05, 3.63) is 57.7 Å². The Morgan fingerprint density at radius 3 is 2.52 bits per heavy atom. The van der Waals surface area contributed by atoms with E-state index in [0.717, 1.165) is 22.9 Å². The van der Waals surface area contributed by atoms with Crippen molar-refractivity contribution in [1.29, 1.82) is 0 Å². The molecule has 1 heterocycles. The number of benzene rings is 1. The first-order valence-electron chi connectivity index (χ1n) is 6.80. The highest BCUT2D eigenvalue weighted by Crippen LogP contribution is 2.27. The van der Waals surface area contributed by atoms with Crippen LogP contribution in [0.5, 0.6) is 0 Å². The molecule has 1 aromatic carbocycles. The van der Waals surface area contributed by atoms with E-state index >= 15 is 0 Å². The van der Waals surface area contributed by atoms with Crippen molar-refractivity contribution in [2.75, 3.05) is 19.0 Å². The van der Waals surface area contributed by atoms with Gasteiger partial charge in [0.1, 0.15) is 5.82 Å². The Bertz CT molecular complexity index is 599. The molecule has 0 aliphatic heterocycles. The van der Waals surface area contributed by atoms with Gasteiger partial charge in [0.2, 0.25) is 0 Å². The summed E-state index contributed by atoms with van der Waals surface area (Å²) < 4.78 is 0. The third-order valence-electron chi connectivity index (χ3n) is 3.58. The fourth-order valence-electron chi connectivity index (χ4n) is 2.15. The Morgan fingerprint density at radius 2 is 1.90 bits per heavy atom. The van der Waals surface area contributed by atoms with Crippen LogP contribution in [0.3, 0.4) is 0 Å². The van der Waals surface area contributed by atoms with Gasteiger partial charge in [-0.1, -0.05) is 35.3 Å². The molecule has 112 valence electrons. The third-order valence-corrected chi connectivity index (χ3v) is 4.17. The van der Waals surface area contributed by atoms with Gasteiger partial charge in [-0.15, -0.1) is 0 Å². The molecule has 0 saturated carbocycles. The lowest BCUT2D eigenvalue weighted by molar-refractivity contribution is 0.726. The number of rotatable bonds is 5. The molecule has 1 unspecified atom stereocenters. The molecule has 0 fully saturated rings. The number of nitrogens with zero attached hydrogens (tertiary/aromatic N) is 2. The first-order chi connectivity index (χ1) is 10.0. The van der Waals surface area contributed by atoms with Crippen LogP contribution in [0.1, 0.15) is 24.1 Å². The van der Waals surface area contributed by atoms with Crippen LogP contribution in [0.25, 0.3) is 0 Å². The van der Waals surface area contributed by atoms with Crippen LogP contribution >= 0.6 is 23.2 Å². The van der Waals surface area contributed by atoms with Gasteiger partial charge >= 0.3 is 0 Å². The number of aromatic nitrogens is 1. The van der Waals surface area contributed by atoms with Crippen molar-refractivity contribution in [1.82, 2.24) is 10.3 Å². The van der Waals surface area contributed by atoms with E-state index in [2.05, 4.69) is 22.1 Å². The lowest BCUT2D eigenvalue weighted by atomic mass is 10.1. The smallest absolute Gasteiger partial charge is 0.129 e. The Kier molecular flexibility index (Phi) is 5.45. The predicted octanol–water partition coefficient (Wildman–Crippen LogP) is 4.31. The Labute approximate surface area is 135 Å². The van der Waals surface area contributed by atoms with Gasteiger partial charge in [0, 0.05) is 24.8 Å². The molecule has 1 aromatic heterocycles. The quantitative estimate of drug-likeness (QED) is 0.888. The highest BCUT2D eigenvalue weighted by molar-refractivity contribution is 6.31. The molecule has 5 heteroatoms. The van der Waals surface area contributed by atoms with Gasteiger partial charge in [-0.25, -0.2) is 4.98 Å². The van der Waals surface area contributed by atoms with Crippen molar-refractivity contribution in [2.45, 2.75) is 19.5 Å². The topological polar surface area (TPSA) is 28.2 Å². The summed E-state index contributed by atoms with van der Waals surface area (Å²) in [6, 6.07) is 10.1. The first-order valence-corrected chi connectivity index (χ1v) is 7.56. The fraction of sp³-hybridized carbons (Fsp3) is 0.312. The van der Waals surface area contributed by atoms with E-state index in [1.807, 2.05) is 44.4 Å². The predicted molar refractivity (Wildman–Crippen MR) is 90.3 cm³/mol. The van der Waals surface area contributed by atoms with Crippen LogP contribution in [-0.4, -0.2) is 19.1 Å². The van der Waals surface area contributed by atoms with Crippen LogP contribution in [-0.2, 0) is 6.54 Å². The molecule has 1 N–H and O–H groups in total. The van der Waals surface area contributed by atoms with Gasteiger partial charge in [0.25, 0.3) is 0 Å². The van der Waals surface area contributed by atoms with Gasteiger partial charge in [0.15, 0.2) is 0 Å². The van der Waals surface area contributed by atoms with E-state index in [1.54, 1.807) is 6.20 Å². The zero-order valence-electron chi connectivity index (χ0n) is 12.4. The summed E-state index contributed by atoms with van der Waals surface area (Å²) in [7, 11) is 3.93. The molecular weight excluding hydrogens is 305 g/mol. The highest BCUT2D eigenvalue weighted by atomic mass is 35.5. The van der Waals surface area contributed by atoms with Crippen LogP contribution < -0.4 is 10.2 Å². The van der Waals surface area contributed by atoms with Gasteiger partial charge in [-0.05, 0) is 43.3 Å². The van der Waals surface area contributed by atoms with Crippen molar-refractivity contribution >= 4 is 29.0 Å². The molecule has 0 aliphatic carbocycles. The van der Waals surface area contributed by atoms with E-state index in [-0.39, 0.29) is 6.04 Å². The van der Waals surface area contributed by atoms with Crippen molar-refractivity contribution in [2.24, 2.45) is 0 Å². The number of anilines is 1. The van der Waals surface area contributed by atoms with E-state index in [0.29, 0.717) is 5.02 Å². The van der Waals surface area contributed by atoms with E-state index in [4.69, 9.17) is 23.2 Å². The van der Waals surface area contributed by atoms with Gasteiger partial charge in [0.05, 0.1) is 11.1 Å². The summed E-state index contributed by atoms with van der Waals surface area (Å²) in [5, 5.41) is 4.54. The third kappa shape index (κ3) is 3.88. The molecule has 0 radical (unpaired) electrons. The van der Waals surface area contributed by atoms with Crippen LogP contribution in [0.4, 0.5) is 5.82 Å². The van der Waals surface area contributed by atoms with Crippen molar-refractivity contribution in [3.8, 4) is 0 Å². The largest absolute Gasteiger partial charge is 0.353 e. The average Bonchev–Trinajstić information content (AvgIpc) is 2.49. The molecule has 21 heavy (non-hydrogen) atoms. The minimum atomic E-state index is 0.193. The first kappa shape index (κ1) is 16.1. The van der Waals surface area contributed by atoms with Crippen molar-refractivity contribution in [3.63, 3.8) is 0 Å². The summed E-state index contributed by atoms with van der Waals surface area (Å²) in [6.45, 7) is 2.86. The number of pyridine rings is 1. The fourth-order valence-corrected chi connectivity index (χ4v) is 2.45. The highest BCUT2D eigenvalue weighted by Gasteiger charge is 2.14. The molecule has 0 saturated heterocycles. The summed E-state index contributed by atoms with van der Waals surface area (Å²) in [6.07, 6.45) is 1.70. The molecule has 0 spiro atoms. The zero-order valence-corrected chi connectivity index (χ0v) is 13.9. The maximum atomic E-state index is 6.16. The minimum absolute atomic E-state index is 0.193. The Morgan fingerprint density at radius 1 is 1.24 bits per heavy atom. The Hall–Kier alpha value is -1.29. The van der Waals surface area contributed by atoms with Gasteiger partial charge < -0.3 is 10.2 Å². The second-order valence-electron chi connectivity index (χ2n) is 5.00. The standard InChI is InChI=1S/C16H19Cl2N3/c1-11(12-4-6-14(17)7-5-12)21(3)16-8-13(9-19-2)15(18)10-20-16/h4-8,10-11,19H,9H2,1-3H3. The normalized spacial score (nSPS) is 12.2. The number of nitrogens with one attached hydrogen (secondary N) is 1. The van der Waals surface area contributed by atoms with E-state index in [9.17, 15) is 0 Å². The van der Waals surface area contributed by atoms with Crippen LogP contribution in [0.2, 0.25) is 10.0 Å². The zero-order chi connectivity index (χ0) is 15.4. The Balaban J connectivity index is 2.24. The molecular formula is C16H19Cl2N3. The molecule has 0 aliphatic rings. The number of hydrogen-bond donors (Lipinski definition) is 1. The van der Waals surface area contributed by atoms with Crippen molar-refractivity contribution < 1.29 is 0 Å². The summed E-state index contributed by atoms with van der Waals surface area (Å²) in [5.74, 6) is 0.895. The average molecular weight is 324 g/mol. The lowest BCUT2D eigenvalue weighted by Crippen LogP contribution is -2.23. The molecule has 1 atom stereocenters. The number of halogens is 2. The second kappa shape index (κ2) is 7.12.